The van der Waals surface area contributed by atoms with Crippen LogP contribution in [-0.4, -0.2) is 27.2 Å². The van der Waals surface area contributed by atoms with Gasteiger partial charge in [0.15, 0.2) is 0 Å². The zero-order valence-electron chi connectivity index (χ0n) is 7.46. The predicted molar refractivity (Wildman–Crippen MR) is 46.6 cm³/mol. The van der Waals surface area contributed by atoms with Crippen molar-refractivity contribution in [2.75, 3.05) is 6.54 Å². The summed E-state index contributed by atoms with van der Waals surface area (Å²) in [6, 6.07) is 0. The Morgan fingerprint density at radius 3 is 2.92 bits per heavy atom. The fraction of sp³-hybridized carbons (Fsp3) is 0.625. The van der Waals surface area contributed by atoms with Gasteiger partial charge in [-0.1, -0.05) is 0 Å². The fourth-order valence-corrected chi connectivity index (χ4v) is 0.881. The first-order valence-corrected chi connectivity index (χ1v) is 3.99. The Morgan fingerprint density at radius 1 is 1.67 bits per heavy atom. The summed E-state index contributed by atoms with van der Waals surface area (Å²) in [6.07, 6.45) is 3.49. The minimum Gasteiger partial charge on any atom is -0.389 e. The number of nitrogens with zero attached hydrogens (tertiary/aromatic N) is 1. The van der Waals surface area contributed by atoms with E-state index in [9.17, 15) is 5.11 Å². The fourth-order valence-electron chi connectivity index (χ4n) is 0.881. The van der Waals surface area contributed by atoms with Crippen molar-refractivity contribution in [3.8, 4) is 0 Å². The van der Waals surface area contributed by atoms with E-state index in [0.717, 1.165) is 5.82 Å². The van der Waals surface area contributed by atoms with Crippen molar-refractivity contribution in [1.82, 2.24) is 15.3 Å². The summed E-state index contributed by atoms with van der Waals surface area (Å²) in [4.78, 5) is 7.00. The van der Waals surface area contributed by atoms with Gasteiger partial charge in [0.25, 0.3) is 0 Å². The van der Waals surface area contributed by atoms with Crippen LogP contribution < -0.4 is 5.32 Å². The third-order valence-corrected chi connectivity index (χ3v) is 1.40. The third kappa shape index (κ3) is 3.50. The van der Waals surface area contributed by atoms with Gasteiger partial charge in [0.1, 0.15) is 5.82 Å². The highest BCUT2D eigenvalue weighted by molar-refractivity contribution is 4.86. The van der Waals surface area contributed by atoms with Crippen LogP contribution in [-0.2, 0) is 6.54 Å². The van der Waals surface area contributed by atoms with E-state index >= 15 is 0 Å². The molecule has 0 aliphatic carbocycles. The summed E-state index contributed by atoms with van der Waals surface area (Å²) >= 11 is 0. The second-order valence-electron chi connectivity index (χ2n) is 3.45. The van der Waals surface area contributed by atoms with Gasteiger partial charge in [-0.25, -0.2) is 4.98 Å². The molecular weight excluding hydrogens is 154 g/mol. The van der Waals surface area contributed by atoms with E-state index < -0.39 is 5.60 Å². The maximum absolute atomic E-state index is 9.35. The highest BCUT2D eigenvalue weighted by Gasteiger charge is 2.10. The van der Waals surface area contributed by atoms with Gasteiger partial charge in [-0.15, -0.1) is 0 Å². The molecule has 0 radical (unpaired) electrons. The molecule has 1 aromatic heterocycles. The van der Waals surface area contributed by atoms with Crippen LogP contribution >= 0.6 is 0 Å². The van der Waals surface area contributed by atoms with E-state index in [1.807, 2.05) is 0 Å². The number of aliphatic hydroxyl groups is 1. The SMILES string of the molecule is CC(C)(O)CNCc1ncc[nH]1. The molecule has 0 aliphatic rings. The largest absolute Gasteiger partial charge is 0.389 e. The molecule has 4 heteroatoms. The number of hydrogen-bond acceptors (Lipinski definition) is 3. The van der Waals surface area contributed by atoms with Gasteiger partial charge in [-0.2, -0.15) is 0 Å². The molecule has 68 valence electrons. The van der Waals surface area contributed by atoms with Gasteiger partial charge >= 0.3 is 0 Å². The van der Waals surface area contributed by atoms with Gasteiger partial charge in [-0.05, 0) is 13.8 Å². The van der Waals surface area contributed by atoms with Crippen molar-refractivity contribution >= 4 is 0 Å². The molecule has 0 atom stereocenters. The average Bonchev–Trinajstić information content (AvgIpc) is 2.36. The Balaban J connectivity index is 2.20. The Kier molecular flexibility index (Phi) is 2.83. The van der Waals surface area contributed by atoms with Gasteiger partial charge in [0.05, 0.1) is 12.1 Å². The van der Waals surface area contributed by atoms with Gasteiger partial charge < -0.3 is 15.4 Å². The Bertz CT molecular complexity index is 213. The number of H-pyrrole nitrogens is 1. The molecule has 1 heterocycles. The quantitative estimate of drug-likeness (QED) is 0.606. The first-order chi connectivity index (χ1) is 5.58. The van der Waals surface area contributed by atoms with E-state index in [-0.39, 0.29) is 0 Å². The first-order valence-electron chi connectivity index (χ1n) is 3.99. The summed E-state index contributed by atoms with van der Waals surface area (Å²) < 4.78 is 0. The topological polar surface area (TPSA) is 60.9 Å². The van der Waals surface area contributed by atoms with Crippen LogP contribution in [0.4, 0.5) is 0 Å². The summed E-state index contributed by atoms with van der Waals surface area (Å²) in [5.41, 5.74) is -0.660. The minimum absolute atomic E-state index is 0.563. The molecule has 0 bridgehead atoms. The van der Waals surface area contributed by atoms with Crippen molar-refractivity contribution in [1.29, 1.82) is 0 Å². The van der Waals surface area contributed by atoms with Gasteiger partial charge in [-0.3, -0.25) is 0 Å². The highest BCUT2D eigenvalue weighted by atomic mass is 16.3. The molecular formula is C8H15N3O. The van der Waals surface area contributed by atoms with E-state index in [0.29, 0.717) is 13.1 Å². The summed E-state index contributed by atoms with van der Waals surface area (Å²) in [5.74, 6) is 0.888. The number of imidazole rings is 1. The lowest BCUT2D eigenvalue weighted by atomic mass is 10.1. The molecule has 0 amide bonds. The number of aromatic nitrogens is 2. The zero-order chi connectivity index (χ0) is 9.03. The normalized spacial score (nSPS) is 11.9. The van der Waals surface area contributed by atoms with Crippen molar-refractivity contribution in [3.05, 3.63) is 18.2 Å². The summed E-state index contributed by atoms with van der Waals surface area (Å²) in [5, 5.41) is 12.4. The Morgan fingerprint density at radius 2 is 2.42 bits per heavy atom. The molecule has 4 nitrogen and oxygen atoms in total. The molecule has 0 aromatic carbocycles. The van der Waals surface area contributed by atoms with Crippen LogP contribution in [0, 0.1) is 0 Å². The van der Waals surface area contributed by atoms with E-state index in [1.165, 1.54) is 0 Å². The van der Waals surface area contributed by atoms with Crippen molar-refractivity contribution in [2.24, 2.45) is 0 Å². The lowest BCUT2D eigenvalue weighted by Crippen LogP contribution is -2.34. The van der Waals surface area contributed by atoms with Crippen LogP contribution in [0.2, 0.25) is 0 Å². The average molecular weight is 169 g/mol. The molecule has 0 unspecified atom stereocenters. The molecule has 1 aromatic rings. The zero-order valence-corrected chi connectivity index (χ0v) is 7.46. The maximum Gasteiger partial charge on any atom is 0.120 e. The molecule has 3 N–H and O–H groups in total. The third-order valence-electron chi connectivity index (χ3n) is 1.40. The molecule has 0 aliphatic heterocycles. The lowest BCUT2D eigenvalue weighted by Gasteiger charge is -2.16. The molecule has 0 spiro atoms. The van der Waals surface area contributed by atoms with Crippen LogP contribution in [0.3, 0.4) is 0 Å². The lowest BCUT2D eigenvalue weighted by molar-refractivity contribution is 0.0793. The number of nitrogens with one attached hydrogen (secondary N) is 2. The predicted octanol–water partition coefficient (Wildman–Crippen LogP) is 0.270. The second kappa shape index (κ2) is 3.69. The van der Waals surface area contributed by atoms with E-state index in [4.69, 9.17) is 0 Å². The van der Waals surface area contributed by atoms with Crippen LogP contribution in [0.15, 0.2) is 12.4 Å². The van der Waals surface area contributed by atoms with Gasteiger partial charge in [0.2, 0.25) is 0 Å². The van der Waals surface area contributed by atoms with Crippen LogP contribution in [0.25, 0.3) is 0 Å². The molecule has 12 heavy (non-hydrogen) atoms. The Hall–Kier alpha value is -0.870. The molecule has 0 fully saturated rings. The van der Waals surface area contributed by atoms with Crippen LogP contribution in [0.1, 0.15) is 19.7 Å². The van der Waals surface area contributed by atoms with E-state index in [1.54, 1.807) is 26.2 Å². The standard InChI is InChI=1S/C8H15N3O/c1-8(2,12)6-9-5-7-10-3-4-11-7/h3-4,9,12H,5-6H2,1-2H3,(H,10,11). The van der Waals surface area contributed by atoms with E-state index in [2.05, 4.69) is 15.3 Å². The van der Waals surface area contributed by atoms with Crippen LogP contribution in [0.5, 0.6) is 0 Å². The number of aromatic amines is 1. The monoisotopic (exact) mass is 169 g/mol. The maximum atomic E-state index is 9.35. The van der Waals surface area contributed by atoms with Crippen molar-refractivity contribution in [3.63, 3.8) is 0 Å². The van der Waals surface area contributed by atoms with Crippen molar-refractivity contribution < 1.29 is 5.11 Å². The molecule has 1 rings (SSSR count). The Labute approximate surface area is 72.0 Å². The second-order valence-corrected chi connectivity index (χ2v) is 3.45. The summed E-state index contributed by atoms with van der Waals surface area (Å²) in [6.45, 7) is 4.76. The number of hydrogen-bond donors (Lipinski definition) is 3. The first kappa shape index (κ1) is 9.22. The molecule has 0 saturated carbocycles. The highest BCUT2D eigenvalue weighted by Crippen LogP contribution is 1.97. The van der Waals surface area contributed by atoms with Crippen molar-refractivity contribution in [2.45, 2.75) is 26.0 Å². The molecule has 0 saturated heterocycles. The number of rotatable bonds is 4. The smallest absolute Gasteiger partial charge is 0.120 e. The minimum atomic E-state index is -0.660. The van der Waals surface area contributed by atoms with Gasteiger partial charge in [0, 0.05) is 18.9 Å². The summed E-state index contributed by atoms with van der Waals surface area (Å²) in [7, 11) is 0.